The molecule has 1 heterocycles. The SMILES string of the molecule is C=CCCCCC[C@H](Nc1cc(F)cc(C(F)(F)F)c1)C(=O)C1C[C@H](Oc2nccc3ccccc23)C[C@H]1C(=O)N[C@]1(C(=O)NS(=O)(=O)C2(C)CC2)C[C@H]1C=C. The first-order valence-electron chi connectivity index (χ1n) is 18.8. The highest BCUT2D eigenvalue weighted by molar-refractivity contribution is 7.91. The maximum atomic E-state index is 14.7. The molecule has 6 atom stereocenters. The van der Waals surface area contributed by atoms with Gasteiger partial charge in [0.05, 0.1) is 22.3 Å². The minimum Gasteiger partial charge on any atom is -0.474 e. The summed E-state index contributed by atoms with van der Waals surface area (Å²) in [5.41, 5.74) is -3.10. The van der Waals surface area contributed by atoms with Crippen LogP contribution in [0.4, 0.5) is 23.2 Å². The Hall–Kier alpha value is -4.79. The Morgan fingerprint density at radius 2 is 1.77 bits per heavy atom. The van der Waals surface area contributed by atoms with Gasteiger partial charge in [0.1, 0.15) is 17.5 Å². The molecule has 3 saturated carbocycles. The van der Waals surface area contributed by atoms with Gasteiger partial charge >= 0.3 is 6.18 Å². The average molecular weight is 799 g/mol. The molecule has 3 aliphatic carbocycles. The van der Waals surface area contributed by atoms with Crippen molar-refractivity contribution >= 4 is 44.1 Å². The molecule has 10 nitrogen and oxygen atoms in total. The molecular formula is C41H46F4N4O6S. The maximum Gasteiger partial charge on any atom is 0.416 e. The number of halogens is 4. The third-order valence-corrected chi connectivity index (χ3v) is 13.5. The lowest BCUT2D eigenvalue weighted by Gasteiger charge is -2.27. The predicted octanol–water partition coefficient (Wildman–Crippen LogP) is 7.41. The number of amides is 2. The number of aromatic nitrogens is 1. The molecule has 300 valence electrons. The number of hydrogen-bond acceptors (Lipinski definition) is 8. The number of rotatable bonds is 18. The number of fused-ring (bicyclic) bond motifs is 1. The van der Waals surface area contributed by atoms with Crippen LogP contribution in [-0.2, 0) is 30.6 Å². The van der Waals surface area contributed by atoms with Gasteiger partial charge in [0.2, 0.25) is 21.8 Å². The van der Waals surface area contributed by atoms with Gasteiger partial charge < -0.3 is 15.4 Å². The number of benzene rings is 2. The summed E-state index contributed by atoms with van der Waals surface area (Å²) in [6.07, 6.45) is 2.88. The number of pyridine rings is 1. The van der Waals surface area contributed by atoms with E-state index in [0.29, 0.717) is 37.1 Å². The minimum absolute atomic E-state index is 0.00417. The van der Waals surface area contributed by atoms with E-state index in [4.69, 9.17) is 4.74 Å². The Balaban J connectivity index is 1.30. The van der Waals surface area contributed by atoms with Crippen molar-refractivity contribution < 1.29 is 45.1 Å². The van der Waals surface area contributed by atoms with Crippen LogP contribution in [0.15, 0.2) is 80.0 Å². The van der Waals surface area contributed by atoms with Crippen molar-refractivity contribution in [3.63, 3.8) is 0 Å². The van der Waals surface area contributed by atoms with E-state index in [1.54, 1.807) is 18.3 Å². The Morgan fingerprint density at radius 3 is 2.45 bits per heavy atom. The normalized spacial score (nSPS) is 24.4. The third-order valence-electron chi connectivity index (χ3n) is 11.3. The monoisotopic (exact) mass is 798 g/mol. The Morgan fingerprint density at radius 1 is 1.04 bits per heavy atom. The summed E-state index contributed by atoms with van der Waals surface area (Å²) in [5, 5.41) is 7.17. The molecule has 3 N–H and O–H groups in total. The number of nitrogens with zero attached hydrogens (tertiary/aromatic N) is 1. The molecular weight excluding hydrogens is 753 g/mol. The molecule has 2 amide bonds. The number of carbonyl (C=O) groups excluding carboxylic acids is 3. The topological polar surface area (TPSA) is 144 Å². The average Bonchev–Trinajstić information content (AvgIpc) is 4.04. The molecule has 0 bridgehead atoms. The van der Waals surface area contributed by atoms with Crippen LogP contribution in [-0.4, -0.2) is 53.4 Å². The van der Waals surface area contributed by atoms with Gasteiger partial charge in [-0.25, -0.2) is 17.8 Å². The second-order valence-corrected chi connectivity index (χ2v) is 17.6. The smallest absolute Gasteiger partial charge is 0.416 e. The van der Waals surface area contributed by atoms with Crippen molar-refractivity contribution in [2.75, 3.05) is 5.32 Å². The molecule has 2 aromatic carbocycles. The number of Topliss-reactive ketones (excluding diaryl/α,β-unsaturated/α-hetero) is 1. The van der Waals surface area contributed by atoms with Crippen molar-refractivity contribution in [2.45, 2.75) is 99.7 Å². The summed E-state index contributed by atoms with van der Waals surface area (Å²) in [6.45, 7) is 9.00. The number of anilines is 1. The number of hydrogen-bond donors (Lipinski definition) is 3. The number of allylic oxidation sites excluding steroid dienone is 1. The van der Waals surface area contributed by atoms with Crippen LogP contribution in [0.5, 0.6) is 5.88 Å². The lowest BCUT2D eigenvalue weighted by Crippen LogP contribution is -2.55. The summed E-state index contributed by atoms with van der Waals surface area (Å²) in [5.74, 6) is -5.70. The first-order valence-corrected chi connectivity index (χ1v) is 20.3. The van der Waals surface area contributed by atoms with Gasteiger partial charge in [-0.15, -0.1) is 13.2 Å². The highest BCUT2D eigenvalue weighted by Gasteiger charge is 2.63. The van der Waals surface area contributed by atoms with Gasteiger partial charge in [0.25, 0.3) is 5.91 Å². The third kappa shape index (κ3) is 8.77. The van der Waals surface area contributed by atoms with E-state index in [9.17, 15) is 40.4 Å². The summed E-state index contributed by atoms with van der Waals surface area (Å²) in [7, 11) is -4.05. The Labute approximate surface area is 323 Å². The second kappa shape index (κ2) is 16.0. The first-order chi connectivity index (χ1) is 26.5. The van der Waals surface area contributed by atoms with Crippen LogP contribution < -0.4 is 20.1 Å². The fraction of sp³-hybridized carbons (Fsp3) is 0.463. The lowest BCUT2D eigenvalue weighted by atomic mass is 9.85. The quantitative estimate of drug-likeness (QED) is 0.0686. The molecule has 6 rings (SSSR count). The van der Waals surface area contributed by atoms with Crippen LogP contribution in [0.1, 0.15) is 76.7 Å². The van der Waals surface area contributed by atoms with Crippen molar-refractivity contribution in [3.8, 4) is 5.88 Å². The van der Waals surface area contributed by atoms with Crippen LogP contribution in [0.3, 0.4) is 0 Å². The second-order valence-electron chi connectivity index (χ2n) is 15.4. The molecule has 1 unspecified atom stereocenters. The Bertz CT molecular complexity index is 2120. The largest absolute Gasteiger partial charge is 0.474 e. The number of sulfonamides is 1. The number of alkyl halides is 3. The van der Waals surface area contributed by atoms with Gasteiger partial charge in [-0.3, -0.25) is 19.1 Å². The summed E-state index contributed by atoms with van der Waals surface area (Å²) >= 11 is 0. The number of ketones is 1. The number of nitrogens with one attached hydrogen (secondary N) is 3. The van der Waals surface area contributed by atoms with Gasteiger partial charge in [0, 0.05) is 29.1 Å². The summed E-state index contributed by atoms with van der Waals surface area (Å²) < 4.78 is 89.0. The predicted molar refractivity (Wildman–Crippen MR) is 203 cm³/mol. The number of carbonyl (C=O) groups is 3. The number of unbranched alkanes of at least 4 members (excludes halogenated alkanes) is 3. The highest BCUT2D eigenvalue weighted by Crippen LogP contribution is 2.48. The van der Waals surface area contributed by atoms with Crippen molar-refractivity contribution in [1.82, 2.24) is 15.0 Å². The summed E-state index contributed by atoms with van der Waals surface area (Å²) in [6, 6.07) is 10.0. The molecule has 3 fully saturated rings. The van der Waals surface area contributed by atoms with Crippen LogP contribution in [0.2, 0.25) is 0 Å². The van der Waals surface area contributed by atoms with Crippen LogP contribution in [0.25, 0.3) is 10.8 Å². The van der Waals surface area contributed by atoms with Crippen LogP contribution in [0, 0.1) is 23.6 Å². The molecule has 0 spiro atoms. The molecule has 0 aliphatic heterocycles. The zero-order valence-electron chi connectivity index (χ0n) is 31.0. The highest BCUT2D eigenvalue weighted by atomic mass is 32.2. The molecule has 0 radical (unpaired) electrons. The van der Waals surface area contributed by atoms with E-state index in [1.165, 1.54) is 13.0 Å². The van der Waals surface area contributed by atoms with Gasteiger partial charge in [-0.05, 0) is 94.0 Å². The van der Waals surface area contributed by atoms with Gasteiger partial charge in [-0.2, -0.15) is 13.2 Å². The van der Waals surface area contributed by atoms with E-state index in [-0.39, 0.29) is 37.3 Å². The fourth-order valence-electron chi connectivity index (χ4n) is 7.56. The molecule has 3 aromatic rings. The van der Waals surface area contributed by atoms with E-state index in [1.807, 2.05) is 24.3 Å². The Kier molecular flexibility index (Phi) is 11.7. The minimum atomic E-state index is -4.85. The van der Waals surface area contributed by atoms with Crippen molar-refractivity contribution in [1.29, 1.82) is 0 Å². The van der Waals surface area contributed by atoms with Gasteiger partial charge in [0.15, 0.2) is 5.78 Å². The zero-order valence-corrected chi connectivity index (χ0v) is 31.9. The zero-order chi connectivity index (χ0) is 40.5. The van der Waals surface area contributed by atoms with Crippen LogP contribution >= 0.6 is 0 Å². The molecule has 0 saturated heterocycles. The molecule has 1 aromatic heterocycles. The van der Waals surface area contributed by atoms with Gasteiger partial charge in [-0.1, -0.05) is 43.2 Å². The molecule has 3 aliphatic rings. The fourth-order valence-corrected chi connectivity index (χ4v) is 8.87. The van der Waals surface area contributed by atoms with E-state index < -0.39 is 85.4 Å². The van der Waals surface area contributed by atoms with Crippen molar-refractivity contribution in [3.05, 3.63) is 91.4 Å². The number of ether oxygens (including phenoxy) is 1. The molecule has 56 heavy (non-hydrogen) atoms. The standard InChI is InChI=1S/C41H46F4N4O6S/c1-4-6-7-8-9-14-34(47-29-20-27(41(43,44)45)19-28(42)21-29)35(50)32-22-30(55-37-31-13-11-10-12-25(31)15-18-46-37)23-33(32)36(51)48-40(24-26(40)5-2)38(52)49-56(53,54)39(3)16-17-39/h4-5,10-13,15,18-21,26,30,32-34,47H,1-2,6-9,14,16-17,22-24H2,3H3,(H,48,51)(H,49,52)/t26-,30+,32?,33-,34+,40-/m1/s1. The molecule has 15 heteroatoms. The lowest BCUT2D eigenvalue weighted by molar-refractivity contribution is -0.137. The van der Waals surface area contributed by atoms with E-state index >= 15 is 0 Å². The van der Waals surface area contributed by atoms with E-state index in [2.05, 4.69) is 33.5 Å². The first kappa shape index (κ1) is 40.9. The van der Waals surface area contributed by atoms with E-state index in [0.717, 1.165) is 30.4 Å². The summed E-state index contributed by atoms with van der Waals surface area (Å²) in [4.78, 5) is 47.1. The van der Waals surface area contributed by atoms with Crippen molar-refractivity contribution in [2.24, 2.45) is 17.8 Å². The maximum absolute atomic E-state index is 14.7.